The minimum Gasteiger partial charge on any atom is -0.433 e. The molecule has 3 fully saturated rings. The molecular weight excluding hydrogens is 248 g/mol. The molecule has 8 heteroatoms. The molecule has 3 rings (SSSR count). The van der Waals surface area contributed by atoms with E-state index in [-0.39, 0.29) is 12.8 Å². The van der Waals surface area contributed by atoms with E-state index >= 15 is 0 Å². The number of hydrogen-bond acceptors (Lipinski definition) is 8. The van der Waals surface area contributed by atoms with Gasteiger partial charge in [0, 0.05) is 12.8 Å². The Hall–Kier alpha value is -1.80. The van der Waals surface area contributed by atoms with Crippen LogP contribution in [0, 0.1) is 0 Å². The fourth-order valence-electron chi connectivity index (χ4n) is 1.91. The number of ketones is 2. The number of Topliss-reactive ketones (excluding diaryl/α,β-unsaturated/α-hetero) is 2. The van der Waals surface area contributed by atoms with Gasteiger partial charge in [-0.15, -0.1) is 0 Å². The predicted octanol–water partition coefficient (Wildman–Crippen LogP) is -2.52. The molecule has 8 nitrogen and oxygen atoms in total. The van der Waals surface area contributed by atoms with E-state index in [1.165, 1.54) is 0 Å². The van der Waals surface area contributed by atoms with Gasteiger partial charge in [0.25, 0.3) is 11.2 Å². The Morgan fingerprint density at radius 2 is 1.17 bits per heavy atom. The molecule has 0 aromatic heterocycles. The van der Waals surface area contributed by atoms with Crippen LogP contribution in [0.2, 0.25) is 0 Å². The summed E-state index contributed by atoms with van der Waals surface area (Å²) in [5.41, 5.74) is -4.81. The van der Waals surface area contributed by atoms with Gasteiger partial charge in [0.2, 0.25) is 0 Å². The van der Waals surface area contributed by atoms with Crippen LogP contribution < -0.4 is 0 Å². The van der Waals surface area contributed by atoms with E-state index in [4.69, 9.17) is 10.2 Å². The second kappa shape index (κ2) is 3.85. The van der Waals surface area contributed by atoms with Gasteiger partial charge in [0.15, 0.2) is 11.6 Å². The minimum absolute atomic E-state index is 0.372. The lowest BCUT2D eigenvalue weighted by Crippen LogP contribution is -2.70. The van der Waals surface area contributed by atoms with Crippen LogP contribution in [0.1, 0.15) is 12.8 Å². The Morgan fingerprint density at radius 3 is 1.44 bits per heavy atom. The summed E-state index contributed by atoms with van der Waals surface area (Å²) in [6, 6.07) is 0. The van der Waals surface area contributed by atoms with Crippen LogP contribution in [0.3, 0.4) is 0 Å². The Labute approximate surface area is 100 Å². The highest BCUT2D eigenvalue weighted by atomic mass is 16.7. The monoisotopic (exact) mass is 258 g/mol. The smallest absolute Gasteiger partial charge is 0.362 e. The van der Waals surface area contributed by atoms with E-state index < -0.39 is 47.9 Å². The van der Waals surface area contributed by atoms with Crippen molar-refractivity contribution >= 4 is 23.5 Å². The van der Waals surface area contributed by atoms with Crippen molar-refractivity contribution in [2.45, 2.75) is 24.0 Å². The lowest BCUT2D eigenvalue weighted by Gasteiger charge is -2.41. The van der Waals surface area contributed by atoms with Gasteiger partial charge in [-0.1, -0.05) is 0 Å². The molecule has 2 N–H and O–H groups in total. The summed E-state index contributed by atoms with van der Waals surface area (Å²) < 4.78 is 9.24. The Balaban J connectivity index is 2.56. The molecule has 0 amide bonds. The maximum absolute atomic E-state index is 11.7. The Bertz CT molecular complexity index is 413. The highest BCUT2D eigenvalue weighted by molar-refractivity contribution is 6.20. The van der Waals surface area contributed by atoms with Gasteiger partial charge in [-0.25, -0.2) is 9.59 Å². The highest BCUT2D eigenvalue weighted by Gasteiger charge is 2.66. The maximum atomic E-state index is 11.7. The van der Waals surface area contributed by atoms with Gasteiger partial charge in [-0.2, -0.15) is 0 Å². The van der Waals surface area contributed by atoms with Gasteiger partial charge >= 0.3 is 11.9 Å². The lowest BCUT2D eigenvalue weighted by molar-refractivity contribution is -0.233. The van der Waals surface area contributed by atoms with Crippen molar-refractivity contribution in [2.75, 3.05) is 13.2 Å². The van der Waals surface area contributed by atoms with Crippen LogP contribution in [-0.4, -0.2) is 58.1 Å². The van der Waals surface area contributed by atoms with Crippen LogP contribution in [-0.2, 0) is 28.7 Å². The Kier molecular flexibility index (Phi) is 2.71. The molecule has 0 saturated carbocycles. The summed E-state index contributed by atoms with van der Waals surface area (Å²) in [5.74, 6) is -4.47. The molecular formula is C10H10O8. The molecule has 2 atom stereocenters. The largest absolute Gasteiger partial charge is 0.433 e. The second-order valence-corrected chi connectivity index (χ2v) is 4.10. The standard InChI is InChI=1S/C10H10O8/c11-3-9-5(13)1-2-6(14)10(4-12,8(16)17-9)18-7(9)15/h11-12H,1-4H2. The topological polar surface area (TPSA) is 127 Å². The van der Waals surface area contributed by atoms with Crippen molar-refractivity contribution in [3.8, 4) is 0 Å². The van der Waals surface area contributed by atoms with Gasteiger partial charge in [0.1, 0.15) is 13.2 Å². The van der Waals surface area contributed by atoms with Crippen molar-refractivity contribution in [1.29, 1.82) is 0 Å². The number of hydrogen-bond donors (Lipinski definition) is 2. The summed E-state index contributed by atoms with van der Waals surface area (Å²) in [5, 5.41) is 18.2. The van der Waals surface area contributed by atoms with Crippen molar-refractivity contribution in [3.63, 3.8) is 0 Å². The lowest BCUT2D eigenvalue weighted by atomic mass is 9.84. The molecule has 0 spiro atoms. The van der Waals surface area contributed by atoms with E-state index in [2.05, 4.69) is 9.47 Å². The van der Waals surface area contributed by atoms with E-state index in [9.17, 15) is 19.2 Å². The third kappa shape index (κ3) is 1.33. The first-order chi connectivity index (χ1) is 8.43. The molecule has 3 saturated heterocycles. The maximum Gasteiger partial charge on any atom is 0.362 e. The van der Waals surface area contributed by atoms with Crippen LogP contribution in [0.4, 0.5) is 0 Å². The normalized spacial score (nSPS) is 35.9. The summed E-state index contributed by atoms with van der Waals surface area (Å²) in [4.78, 5) is 46.8. The molecule has 2 unspecified atom stereocenters. The molecule has 18 heavy (non-hydrogen) atoms. The number of aliphatic hydroxyl groups excluding tert-OH is 2. The van der Waals surface area contributed by atoms with Gasteiger partial charge in [-0.3, -0.25) is 9.59 Å². The summed E-state index contributed by atoms with van der Waals surface area (Å²) in [7, 11) is 0. The van der Waals surface area contributed by atoms with Crippen LogP contribution in [0.15, 0.2) is 0 Å². The predicted molar refractivity (Wildman–Crippen MR) is 51.1 cm³/mol. The first-order valence-electron chi connectivity index (χ1n) is 5.18. The average Bonchev–Trinajstić information content (AvgIpc) is 2.36. The van der Waals surface area contributed by atoms with Crippen molar-refractivity contribution in [2.24, 2.45) is 0 Å². The zero-order chi connectivity index (χ0) is 13.6. The SMILES string of the molecule is O=C1CCC(=O)C2(CO)OC(=O)C1(CO)OC2=O. The van der Waals surface area contributed by atoms with Gasteiger partial charge < -0.3 is 19.7 Å². The zero-order valence-electron chi connectivity index (χ0n) is 9.17. The van der Waals surface area contributed by atoms with Crippen LogP contribution >= 0.6 is 0 Å². The fraction of sp³-hybridized carbons (Fsp3) is 0.600. The number of carbonyl (C=O) groups excluding carboxylic acids is 4. The number of esters is 2. The Morgan fingerprint density at radius 1 is 0.833 bits per heavy atom. The second-order valence-electron chi connectivity index (χ2n) is 4.10. The van der Waals surface area contributed by atoms with E-state index in [1.807, 2.05) is 0 Å². The van der Waals surface area contributed by atoms with Crippen LogP contribution in [0.25, 0.3) is 0 Å². The quantitative estimate of drug-likeness (QED) is 0.410. The summed E-state index contributed by atoms with van der Waals surface area (Å²) in [6.07, 6.45) is -0.743. The summed E-state index contributed by atoms with van der Waals surface area (Å²) >= 11 is 0. The van der Waals surface area contributed by atoms with Crippen molar-refractivity contribution in [3.05, 3.63) is 0 Å². The third-order valence-corrected chi connectivity index (χ3v) is 3.12. The molecule has 3 aliphatic heterocycles. The molecule has 2 bridgehead atoms. The third-order valence-electron chi connectivity index (χ3n) is 3.12. The van der Waals surface area contributed by atoms with Crippen LogP contribution in [0.5, 0.6) is 0 Å². The highest BCUT2D eigenvalue weighted by Crippen LogP contribution is 2.34. The molecule has 3 heterocycles. The molecule has 98 valence electrons. The fourth-order valence-corrected chi connectivity index (χ4v) is 1.91. The molecule has 3 aliphatic rings. The van der Waals surface area contributed by atoms with Gasteiger partial charge in [0.05, 0.1) is 0 Å². The zero-order valence-corrected chi connectivity index (χ0v) is 9.17. The number of ether oxygens (including phenoxy) is 2. The van der Waals surface area contributed by atoms with E-state index in [1.54, 1.807) is 0 Å². The first-order valence-corrected chi connectivity index (χ1v) is 5.18. The number of fused-ring (bicyclic) bond motifs is 5. The molecule has 0 aliphatic carbocycles. The molecule has 0 radical (unpaired) electrons. The number of rotatable bonds is 2. The molecule has 0 aromatic carbocycles. The van der Waals surface area contributed by atoms with Gasteiger partial charge in [-0.05, 0) is 0 Å². The minimum atomic E-state index is -2.41. The number of carbonyl (C=O) groups is 4. The van der Waals surface area contributed by atoms with Crippen molar-refractivity contribution < 1.29 is 38.9 Å². The number of aliphatic hydroxyl groups is 2. The molecule has 0 aromatic rings. The summed E-state index contributed by atoms with van der Waals surface area (Å²) in [6.45, 7) is -2.13. The average molecular weight is 258 g/mol. The van der Waals surface area contributed by atoms with E-state index in [0.717, 1.165) is 0 Å². The van der Waals surface area contributed by atoms with E-state index in [0.29, 0.717) is 0 Å². The van der Waals surface area contributed by atoms with Crippen molar-refractivity contribution in [1.82, 2.24) is 0 Å². The first kappa shape index (κ1) is 12.7.